The average Bonchev–Trinajstić information content (AvgIpc) is 3.06. The lowest BCUT2D eigenvalue weighted by Gasteiger charge is -2.13. The summed E-state index contributed by atoms with van der Waals surface area (Å²) in [5.74, 6) is -1.62. The third-order valence-corrected chi connectivity index (χ3v) is 3.90. The van der Waals surface area contributed by atoms with Crippen LogP contribution in [0.4, 0.5) is 5.69 Å². The van der Waals surface area contributed by atoms with Gasteiger partial charge in [0.2, 0.25) is 5.91 Å². The monoisotopic (exact) mass is 351 g/mol. The number of nitrogens with two attached hydrogens (primary N) is 1. The van der Waals surface area contributed by atoms with Crippen LogP contribution in [0.5, 0.6) is 0 Å². The van der Waals surface area contributed by atoms with Gasteiger partial charge in [0.15, 0.2) is 6.10 Å². The molecule has 0 spiro atoms. The first-order valence-corrected chi connectivity index (χ1v) is 7.93. The van der Waals surface area contributed by atoms with Gasteiger partial charge in [-0.05, 0) is 37.3 Å². The summed E-state index contributed by atoms with van der Waals surface area (Å²) in [4.78, 5) is 38.6. The molecule has 0 bridgehead atoms. The first-order valence-electron chi connectivity index (χ1n) is 7.93. The van der Waals surface area contributed by atoms with E-state index in [0.717, 1.165) is 10.9 Å². The van der Waals surface area contributed by atoms with Crippen LogP contribution in [0.1, 0.15) is 27.6 Å². The molecule has 1 aromatic heterocycles. The van der Waals surface area contributed by atoms with Gasteiger partial charge in [0, 0.05) is 28.4 Å². The number of hydrogen-bond acceptors (Lipinski definition) is 4. The third kappa shape index (κ3) is 3.56. The summed E-state index contributed by atoms with van der Waals surface area (Å²) in [6, 6.07) is 13.4. The Hall–Kier alpha value is -3.61. The van der Waals surface area contributed by atoms with Crippen molar-refractivity contribution in [3.8, 4) is 0 Å². The number of benzene rings is 2. The minimum absolute atomic E-state index is 0.335. The molecule has 0 aliphatic heterocycles. The van der Waals surface area contributed by atoms with Crippen molar-refractivity contribution in [3.05, 3.63) is 65.9 Å². The largest absolute Gasteiger partial charge is 0.449 e. The van der Waals surface area contributed by atoms with Crippen molar-refractivity contribution in [2.24, 2.45) is 5.73 Å². The van der Waals surface area contributed by atoms with Crippen LogP contribution in [-0.2, 0) is 9.53 Å². The molecule has 3 aromatic rings. The van der Waals surface area contributed by atoms with Crippen LogP contribution in [0.2, 0.25) is 0 Å². The smallest absolute Gasteiger partial charge is 0.341 e. The zero-order valence-corrected chi connectivity index (χ0v) is 14.0. The first-order chi connectivity index (χ1) is 12.5. The van der Waals surface area contributed by atoms with E-state index in [1.165, 1.54) is 19.1 Å². The number of aromatic amines is 1. The Kier molecular flexibility index (Phi) is 4.70. The lowest BCUT2D eigenvalue weighted by Crippen LogP contribution is -2.30. The van der Waals surface area contributed by atoms with E-state index in [2.05, 4.69) is 10.3 Å². The van der Waals surface area contributed by atoms with Gasteiger partial charge in [-0.3, -0.25) is 9.59 Å². The lowest BCUT2D eigenvalue weighted by molar-refractivity contribution is -0.123. The number of amides is 2. The summed E-state index contributed by atoms with van der Waals surface area (Å²) in [7, 11) is 0. The molecule has 132 valence electrons. The minimum Gasteiger partial charge on any atom is -0.449 e. The van der Waals surface area contributed by atoms with Gasteiger partial charge < -0.3 is 20.8 Å². The second-order valence-corrected chi connectivity index (χ2v) is 5.73. The molecule has 0 saturated heterocycles. The van der Waals surface area contributed by atoms with Crippen molar-refractivity contribution >= 4 is 34.4 Å². The molecular weight excluding hydrogens is 334 g/mol. The summed E-state index contributed by atoms with van der Waals surface area (Å²) in [6.45, 7) is 1.49. The Bertz CT molecular complexity index is 976. The standard InChI is InChI=1S/C19H17N3O4/c1-11(18(24)22-13-8-6-12(7-9-13)17(20)23)26-19(25)15-10-21-16-5-3-2-4-14(15)16/h2-11,21H,1H3,(H2,20,23)(H,22,24)/t11-/m0/s1. The molecular formula is C19H17N3O4. The zero-order chi connectivity index (χ0) is 18.7. The number of carbonyl (C=O) groups is 3. The number of ether oxygens (including phenoxy) is 1. The number of fused-ring (bicyclic) bond motifs is 1. The van der Waals surface area contributed by atoms with E-state index in [1.807, 2.05) is 18.2 Å². The number of para-hydroxylation sites is 1. The van der Waals surface area contributed by atoms with Gasteiger partial charge in [-0.2, -0.15) is 0 Å². The number of rotatable bonds is 5. The minimum atomic E-state index is -0.994. The van der Waals surface area contributed by atoms with Crippen molar-refractivity contribution in [2.75, 3.05) is 5.32 Å². The number of primary amides is 1. The number of H-pyrrole nitrogens is 1. The average molecular weight is 351 g/mol. The maximum Gasteiger partial charge on any atom is 0.341 e. The summed E-state index contributed by atoms with van der Waals surface area (Å²) in [6.07, 6.45) is 0.562. The molecule has 0 aliphatic rings. The molecule has 0 aliphatic carbocycles. The normalized spacial score (nSPS) is 11.7. The highest BCUT2D eigenvalue weighted by Crippen LogP contribution is 2.19. The Morgan fingerprint density at radius 1 is 1.08 bits per heavy atom. The molecule has 2 amide bonds. The van der Waals surface area contributed by atoms with Crippen molar-refractivity contribution < 1.29 is 19.1 Å². The zero-order valence-electron chi connectivity index (χ0n) is 14.0. The van der Waals surface area contributed by atoms with Gasteiger partial charge in [0.25, 0.3) is 5.91 Å². The van der Waals surface area contributed by atoms with Crippen LogP contribution in [0, 0.1) is 0 Å². The van der Waals surface area contributed by atoms with Gasteiger partial charge in [0.1, 0.15) is 0 Å². The van der Waals surface area contributed by atoms with E-state index < -0.39 is 23.9 Å². The highest BCUT2D eigenvalue weighted by Gasteiger charge is 2.21. The number of aromatic nitrogens is 1. The topological polar surface area (TPSA) is 114 Å². The number of nitrogens with one attached hydrogen (secondary N) is 2. The summed E-state index contributed by atoms with van der Waals surface area (Å²) >= 11 is 0. The van der Waals surface area contributed by atoms with Crippen molar-refractivity contribution in [1.29, 1.82) is 0 Å². The van der Waals surface area contributed by atoms with E-state index >= 15 is 0 Å². The molecule has 0 unspecified atom stereocenters. The molecule has 0 fully saturated rings. The van der Waals surface area contributed by atoms with Gasteiger partial charge in [-0.15, -0.1) is 0 Å². The number of anilines is 1. The molecule has 4 N–H and O–H groups in total. The molecule has 1 heterocycles. The Labute approximate surface area is 149 Å². The van der Waals surface area contributed by atoms with Crippen molar-refractivity contribution in [2.45, 2.75) is 13.0 Å². The van der Waals surface area contributed by atoms with Crippen molar-refractivity contribution in [3.63, 3.8) is 0 Å². The van der Waals surface area contributed by atoms with Crippen LogP contribution >= 0.6 is 0 Å². The molecule has 0 saturated carbocycles. The number of carbonyl (C=O) groups excluding carboxylic acids is 3. The predicted molar refractivity (Wildman–Crippen MR) is 96.8 cm³/mol. The van der Waals surface area contributed by atoms with E-state index in [9.17, 15) is 14.4 Å². The van der Waals surface area contributed by atoms with E-state index in [1.54, 1.807) is 24.4 Å². The summed E-state index contributed by atoms with van der Waals surface area (Å²) in [5.41, 5.74) is 7.15. The third-order valence-electron chi connectivity index (χ3n) is 3.90. The molecule has 1 atom stereocenters. The fraction of sp³-hybridized carbons (Fsp3) is 0.105. The quantitative estimate of drug-likeness (QED) is 0.613. The SMILES string of the molecule is C[C@H](OC(=O)c1c[nH]c2ccccc12)C(=O)Nc1ccc(C(N)=O)cc1. The Morgan fingerprint density at radius 3 is 2.46 bits per heavy atom. The van der Waals surface area contributed by atoms with Gasteiger partial charge in [-0.1, -0.05) is 18.2 Å². The van der Waals surface area contributed by atoms with Crippen molar-refractivity contribution in [1.82, 2.24) is 4.98 Å². The van der Waals surface area contributed by atoms with Gasteiger partial charge in [0.05, 0.1) is 5.56 Å². The fourth-order valence-corrected chi connectivity index (χ4v) is 2.48. The molecule has 26 heavy (non-hydrogen) atoms. The highest BCUT2D eigenvalue weighted by molar-refractivity contribution is 6.05. The summed E-state index contributed by atoms with van der Waals surface area (Å²) < 4.78 is 5.25. The maximum atomic E-state index is 12.3. The second-order valence-electron chi connectivity index (χ2n) is 5.73. The highest BCUT2D eigenvalue weighted by atomic mass is 16.5. The number of esters is 1. The van der Waals surface area contributed by atoms with E-state index in [4.69, 9.17) is 10.5 Å². The van der Waals surface area contributed by atoms with Crippen LogP contribution in [0.25, 0.3) is 10.9 Å². The molecule has 2 aromatic carbocycles. The summed E-state index contributed by atoms with van der Waals surface area (Å²) in [5, 5.41) is 3.35. The Morgan fingerprint density at radius 2 is 1.77 bits per heavy atom. The van der Waals surface area contributed by atoms with E-state index in [0.29, 0.717) is 16.8 Å². The van der Waals surface area contributed by atoms with Crippen LogP contribution in [-0.4, -0.2) is 28.9 Å². The van der Waals surface area contributed by atoms with Crippen LogP contribution < -0.4 is 11.1 Å². The van der Waals surface area contributed by atoms with Crippen LogP contribution in [0.15, 0.2) is 54.7 Å². The molecule has 7 nitrogen and oxygen atoms in total. The van der Waals surface area contributed by atoms with Gasteiger partial charge >= 0.3 is 5.97 Å². The Balaban J connectivity index is 1.65. The molecule has 0 radical (unpaired) electrons. The number of hydrogen-bond donors (Lipinski definition) is 3. The molecule has 3 rings (SSSR count). The first kappa shape index (κ1) is 17.2. The van der Waals surface area contributed by atoms with E-state index in [-0.39, 0.29) is 0 Å². The lowest BCUT2D eigenvalue weighted by atomic mass is 10.2. The van der Waals surface area contributed by atoms with Gasteiger partial charge in [-0.25, -0.2) is 4.79 Å². The fourth-order valence-electron chi connectivity index (χ4n) is 2.48. The maximum absolute atomic E-state index is 12.3. The van der Waals surface area contributed by atoms with Crippen LogP contribution in [0.3, 0.4) is 0 Å². The predicted octanol–water partition coefficient (Wildman–Crippen LogP) is 2.45. The molecule has 7 heteroatoms. The second kappa shape index (κ2) is 7.10.